The van der Waals surface area contributed by atoms with Crippen LogP contribution in [-0.4, -0.2) is 44.1 Å². The van der Waals surface area contributed by atoms with Gasteiger partial charge in [0.25, 0.3) is 0 Å². The fourth-order valence-electron chi connectivity index (χ4n) is 2.08. The monoisotopic (exact) mass is 311 g/mol. The van der Waals surface area contributed by atoms with Gasteiger partial charge in [0.15, 0.2) is 0 Å². The van der Waals surface area contributed by atoms with Gasteiger partial charge in [0.05, 0.1) is 11.5 Å². The third kappa shape index (κ3) is 4.06. The molecule has 0 atom stereocenters. The summed E-state index contributed by atoms with van der Waals surface area (Å²) in [4.78, 5) is 0.282. The summed E-state index contributed by atoms with van der Waals surface area (Å²) in [6.07, 6.45) is 3.29. The number of ether oxygens (including phenoxy) is 1. The fourth-order valence-corrected chi connectivity index (χ4v) is 3.46. The summed E-state index contributed by atoms with van der Waals surface area (Å²) >= 11 is 0. The Bertz CT molecular complexity index is 593. The molecule has 6 heteroatoms. The molecule has 0 fully saturated rings. The highest BCUT2D eigenvalue weighted by Gasteiger charge is 2.25. The average Bonchev–Trinajstić information content (AvgIpc) is 2.48. The third-order valence-corrected chi connectivity index (χ3v) is 5.31. The largest absolute Gasteiger partial charge is 0.494 e. The molecule has 1 aromatic rings. The van der Waals surface area contributed by atoms with Crippen LogP contribution < -0.4 is 4.74 Å². The maximum atomic E-state index is 12.5. The summed E-state index contributed by atoms with van der Waals surface area (Å²) in [5, 5.41) is 8.69. The highest BCUT2D eigenvalue weighted by molar-refractivity contribution is 7.89. The number of aliphatic hydroxyl groups excluding tert-OH is 1. The maximum absolute atomic E-state index is 12.5. The van der Waals surface area contributed by atoms with E-state index in [2.05, 4.69) is 0 Å². The second-order valence-electron chi connectivity index (χ2n) is 5.06. The molecule has 1 aliphatic heterocycles. The van der Waals surface area contributed by atoms with E-state index in [0.29, 0.717) is 31.9 Å². The van der Waals surface area contributed by atoms with Gasteiger partial charge in [-0.2, -0.15) is 4.31 Å². The molecule has 0 unspecified atom stereocenters. The molecule has 2 rings (SSSR count). The van der Waals surface area contributed by atoms with Crippen LogP contribution in [0.3, 0.4) is 0 Å². The summed E-state index contributed by atoms with van der Waals surface area (Å²) in [7, 11) is -3.43. The lowest BCUT2D eigenvalue weighted by Gasteiger charge is -2.24. The summed E-state index contributed by atoms with van der Waals surface area (Å²) in [6.45, 7) is 3.47. The van der Waals surface area contributed by atoms with Gasteiger partial charge in [-0.1, -0.05) is 11.6 Å². The zero-order valence-corrected chi connectivity index (χ0v) is 13.0. The predicted octanol–water partition coefficient (Wildman–Crippen LogP) is 1.79. The average molecular weight is 311 g/mol. The van der Waals surface area contributed by atoms with E-state index in [1.54, 1.807) is 24.3 Å². The van der Waals surface area contributed by atoms with Crippen LogP contribution in [0.5, 0.6) is 5.75 Å². The van der Waals surface area contributed by atoms with Gasteiger partial charge in [-0.25, -0.2) is 8.42 Å². The van der Waals surface area contributed by atoms with Crippen molar-refractivity contribution in [1.82, 2.24) is 4.31 Å². The molecule has 0 aliphatic carbocycles. The van der Waals surface area contributed by atoms with Gasteiger partial charge < -0.3 is 9.84 Å². The van der Waals surface area contributed by atoms with Crippen LogP contribution in [0.15, 0.2) is 40.8 Å². The number of nitrogens with zero attached hydrogens (tertiary/aromatic N) is 1. The molecule has 21 heavy (non-hydrogen) atoms. The van der Waals surface area contributed by atoms with Crippen molar-refractivity contribution < 1.29 is 18.3 Å². The zero-order valence-electron chi connectivity index (χ0n) is 12.2. The SMILES string of the molecule is CC1=CCN(S(=O)(=O)c2ccc(OCCCO)cc2)CC1. The second kappa shape index (κ2) is 7.06. The van der Waals surface area contributed by atoms with Crippen molar-refractivity contribution >= 4 is 10.0 Å². The molecule has 0 spiro atoms. The number of sulfonamides is 1. The number of aliphatic hydroxyl groups is 1. The molecule has 0 bridgehead atoms. The van der Waals surface area contributed by atoms with Crippen LogP contribution in [0.2, 0.25) is 0 Å². The summed E-state index contributed by atoms with van der Waals surface area (Å²) < 4.78 is 31.9. The lowest BCUT2D eigenvalue weighted by atomic mass is 10.1. The molecular formula is C15H21NO4S. The minimum absolute atomic E-state index is 0.0777. The van der Waals surface area contributed by atoms with Gasteiger partial charge in [0.1, 0.15) is 5.75 Å². The van der Waals surface area contributed by atoms with E-state index < -0.39 is 10.0 Å². The van der Waals surface area contributed by atoms with Gasteiger partial charge in [-0.3, -0.25) is 0 Å². The Hall–Kier alpha value is -1.37. The van der Waals surface area contributed by atoms with Gasteiger partial charge in [-0.05, 0) is 37.6 Å². The Morgan fingerprint density at radius 3 is 2.57 bits per heavy atom. The van der Waals surface area contributed by atoms with Crippen LogP contribution in [-0.2, 0) is 10.0 Å². The van der Waals surface area contributed by atoms with Gasteiger partial charge >= 0.3 is 0 Å². The molecule has 0 saturated carbocycles. The molecule has 0 amide bonds. The Morgan fingerprint density at radius 1 is 1.29 bits per heavy atom. The predicted molar refractivity (Wildman–Crippen MR) is 80.8 cm³/mol. The van der Waals surface area contributed by atoms with E-state index >= 15 is 0 Å². The quantitative estimate of drug-likeness (QED) is 0.642. The maximum Gasteiger partial charge on any atom is 0.243 e. The Balaban J connectivity index is 2.07. The lowest BCUT2D eigenvalue weighted by molar-refractivity contribution is 0.233. The lowest BCUT2D eigenvalue weighted by Crippen LogP contribution is -2.34. The van der Waals surface area contributed by atoms with Crippen LogP contribution in [0.25, 0.3) is 0 Å². The zero-order chi connectivity index (χ0) is 15.3. The highest BCUT2D eigenvalue weighted by atomic mass is 32.2. The van der Waals surface area contributed by atoms with E-state index in [1.807, 2.05) is 13.0 Å². The third-order valence-electron chi connectivity index (χ3n) is 3.43. The molecule has 1 heterocycles. The first kappa shape index (κ1) is 16.0. The van der Waals surface area contributed by atoms with Crippen molar-refractivity contribution in [2.24, 2.45) is 0 Å². The van der Waals surface area contributed by atoms with Crippen LogP contribution in [0.4, 0.5) is 0 Å². The van der Waals surface area contributed by atoms with Gasteiger partial charge in [0.2, 0.25) is 10.0 Å². The second-order valence-corrected chi connectivity index (χ2v) is 7.00. The first-order valence-corrected chi connectivity index (χ1v) is 8.47. The van der Waals surface area contributed by atoms with Crippen molar-refractivity contribution in [1.29, 1.82) is 0 Å². The van der Waals surface area contributed by atoms with Crippen LogP contribution >= 0.6 is 0 Å². The molecule has 1 aromatic carbocycles. The molecule has 0 radical (unpaired) electrons. The first-order valence-electron chi connectivity index (χ1n) is 7.03. The standard InChI is InChI=1S/C15H21NO4S/c1-13-7-9-16(10-8-13)21(18,19)15-5-3-14(4-6-15)20-12-2-11-17/h3-7,17H,2,8-12H2,1H3. The van der Waals surface area contributed by atoms with Gasteiger partial charge in [0, 0.05) is 26.1 Å². The minimum atomic E-state index is -3.43. The van der Waals surface area contributed by atoms with Crippen molar-refractivity contribution in [3.8, 4) is 5.75 Å². The van der Waals surface area contributed by atoms with E-state index in [4.69, 9.17) is 9.84 Å². The first-order chi connectivity index (χ1) is 10.0. The van der Waals surface area contributed by atoms with E-state index in [-0.39, 0.29) is 11.5 Å². The fraction of sp³-hybridized carbons (Fsp3) is 0.467. The molecule has 0 saturated heterocycles. The molecule has 116 valence electrons. The van der Waals surface area contributed by atoms with Crippen molar-refractivity contribution in [3.05, 3.63) is 35.9 Å². The number of hydrogen-bond donors (Lipinski definition) is 1. The summed E-state index contributed by atoms with van der Waals surface area (Å²) in [5.41, 5.74) is 1.23. The molecule has 0 aromatic heterocycles. The number of rotatable bonds is 6. The molecular weight excluding hydrogens is 290 g/mol. The van der Waals surface area contributed by atoms with E-state index in [0.717, 1.165) is 6.42 Å². The number of benzene rings is 1. The Kier molecular flexibility index (Phi) is 5.39. The molecule has 1 aliphatic rings. The van der Waals surface area contributed by atoms with Crippen molar-refractivity contribution in [2.45, 2.75) is 24.7 Å². The molecule has 1 N–H and O–H groups in total. The smallest absolute Gasteiger partial charge is 0.243 e. The summed E-state index contributed by atoms with van der Waals surface area (Å²) in [5.74, 6) is 0.608. The van der Waals surface area contributed by atoms with Crippen molar-refractivity contribution in [3.63, 3.8) is 0 Å². The van der Waals surface area contributed by atoms with Gasteiger partial charge in [-0.15, -0.1) is 0 Å². The highest BCUT2D eigenvalue weighted by Crippen LogP contribution is 2.22. The minimum Gasteiger partial charge on any atom is -0.494 e. The molecule has 5 nitrogen and oxygen atoms in total. The van der Waals surface area contributed by atoms with Crippen LogP contribution in [0, 0.1) is 0 Å². The van der Waals surface area contributed by atoms with Crippen LogP contribution in [0.1, 0.15) is 19.8 Å². The Labute approximate surface area is 125 Å². The summed E-state index contributed by atoms with van der Waals surface area (Å²) in [6, 6.07) is 6.42. The van der Waals surface area contributed by atoms with Crippen molar-refractivity contribution in [2.75, 3.05) is 26.3 Å². The number of hydrogen-bond acceptors (Lipinski definition) is 4. The normalized spacial score (nSPS) is 16.6. The van der Waals surface area contributed by atoms with E-state index in [9.17, 15) is 8.42 Å². The Morgan fingerprint density at radius 2 is 2.00 bits per heavy atom. The van der Waals surface area contributed by atoms with E-state index in [1.165, 1.54) is 9.88 Å². The topological polar surface area (TPSA) is 66.8 Å².